The molecule has 0 saturated carbocycles. The van der Waals surface area contributed by atoms with E-state index in [2.05, 4.69) is 29.2 Å². The summed E-state index contributed by atoms with van der Waals surface area (Å²) >= 11 is 0. The second kappa shape index (κ2) is 12.3. The van der Waals surface area contributed by atoms with Gasteiger partial charge in [0.2, 0.25) is 0 Å². The van der Waals surface area contributed by atoms with Crippen molar-refractivity contribution in [3.63, 3.8) is 0 Å². The van der Waals surface area contributed by atoms with Gasteiger partial charge in [-0.25, -0.2) is 8.42 Å². The molecule has 0 spiro atoms. The minimum Gasteiger partial charge on any atom is -0.390 e. The van der Waals surface area contributed by atoms with Crippen molar-refractivity contribution in [2.45, 2.75) is 24.1 Å². The first-order valence-electron chi connectivity index (χ1n) is 13.0. The predicted octanol–water partition coefficient (Wildman–Crippen LogP) is 6.10. The van der Waals surface area contributed by atoms with Gasteiger partial charge in [0.15, 0.2) is 0 Å². The Morgan fingerprint density at radius 2 is 1.10 bits per heavy atom. The first kappa shape index (κ1) is 26.6. The van der Waals surface area contributed by atoms with Crippen molar-refractivity contribution in [3.8, 4) is 0 Å². The standard InChI is InChI=1S/C33H32N2O3S/c36-30(25-34(23-27-13-4-1-5-14-27)24-28-15-6-2-7-16-28)26-35(39(37,38)31-19-8-3-9-20-31)33-22-12-18-29-17-10-11-21-32(29)33/h1-22,30,36H,23-26H2. The van der Waals surface area contributed by atoms with E-state index in [-0.39, 0.29) is 11.4 Å². The number of anilines is 1. The number of hydrogen-bond acceptors (Lipinski definition) is 4. The number of nitrogens with zero attached hydrogens (tertiary/aromatic N) is 2. The lowest BCUT2D eigenvalue weighted by Crippen LogP contribution is -2.42. The summed E-state index contributed by atoms with van der Waals surface area (Å²) in [7, 11) is -3.94. The predicted molar refractivity (Wildman–Crippen MR) is 158 cm³/mol. The van der Waals surface area contributed by atoms with Crippen LogP contribution < -0.4 is 4.31 Å². The van der Waals surface area contributed by atoms with Gasteiger partial charge >= 0.3 is 0 Å². The minimum absolute atomic E-state index is 0.0781. The van der Waals surface area contributed by atoms with Crippen LogP contribution in [-0.4, -0.2) is 37.6 Å². The summed E-state index contributed by atoms with van der Waals surface area (Å²) in [6.45, 7) is 1.49. The lowest BCUT2D eigenvalue weighted by Gasteiger charge is -2.31. The average molecular weight is 537 g/mol. The van der Waals surface area contributed by atoms with E-state index in [1.165, 1.54) is 4.31 Å². The molecule has 0 fully saturated rings. The Labute approximate surface area is 230 Å². The molecule has 0 radical (unpaired) electrons. The summed E-state index contributed by atoms with van der Waals surface area (Å²) < 4.78 is 29.3. The fourth-order valence-electron chi connectivity index (χ4n) is 4.89. The molecule has 0 heterocycles. The zero-order valence-electron chi connectivity index (χ0n) is 21.7. The number of hydrogen-bond donors (Lipinski definition) is 1. The Morgan fingerprint density at radius 1 is 0.590 bits per heavy atom. The maximum atomic E-state index is 14.0. The highest BCUT2D eigenvalue weighted by atomic mass is 32.2. The molecule has 39 heavy (non-hydrogen) atoms. The third-order valence-corrected chi connectivity index (χ3v) is 8.50. The van der Waals surface area contributed by atoms with Crippen LogP contribution in [0.4, 0.5) is 5.69 Å². The fraction of sp³-hybridized carbons (Fsp3) is 0.152. The first-order valence-corrected chi connectivity index (χ1v) is 14.5. The number of aliphatic hydroxyl groups is 1. The normalized spacial score (nSPS) is 12.5. The molecule has 5 aromatic carbocycles. The van der Waals surface area contributed by atoms with Crippen molar-refractivity contribution in [2.75, 3.05) is 17.4 Å². The van der Waals surface area contributed by atoms with E-state index in [1.807, 2.05) is 72.8 Å². The molecule has 1 atom stereocenters. The number of benzene rings is 5. The van der Waals surface area contributed by atoms with Crippen molar-refractivity contribution >= 4 is 26.5 Å². The molecule has 0 saturated heterocycles. The van der Waals surface area contributed by atoms with E-state index in [0.29, 0.717) is 25.3 Å². The molecule has 0 aliphatic rings. The molecule has 0 aliphatic carbocycles. The first-order chi connectivity index (χ1) is 19.0. The van der Waals surface area contributed by atoms with E-state index in [4.69, 9.17) is 0 Å². The highest BCUT2D eigenvalue weighted by Gasteiger charge is 2.29. The summed E-state index contributed by atoms with van der Waals surface area (Å²) in [4.78, 5) is 2.35. The summed E-state index contributed by atoms with van der Waals surface area (Å²) in [6.07, 6.45) is -0.935. The molecule has 5 nitrogen and oxygen atoms in total. The van der Waals surface area contributed by atoms with Crippen LogP contribution in [0.2, 0.25) is 0 Å². The van der Waals surface area contributed by atoms with Crippen LogP contribution in [0.15, 0.2) is 138 Å². The lowest BCUT2D eigenvalue weighted by molar-refractivity contribution is 0.111. The van der Waals surface area contributed by atoms with E-state index in [0.717, 1.165) is 21.9 Å². The van der Waals surface area contributed by atoms with E-state index in [1.54, 1.807) is 36.4 Å². The maximum absolute atomic E-state index is 14.0. The Bertz CT molecular complexity index is 1550. The highest BCUT2D eigenvalue weighted by Crippen LogP contribution is 2.31. The van der Waals surface area contributed by atoms with Gasteiger partial charge < -0.3 is 5.11 Å². The van der Waals surface area contributed by atoms with Crippen molar-refractivity contribution < 1.29 is 13.5 Å². The van der Waals surface area contributed by atoms with Crippen molar-refractivity contribution in [3.05, 3.63) is 145 Å². The van der Waals surface area contributed by atoms with Gasteiger partial charge in [-0.2, -0.15) is 0 Å². The summed E-state index contributed by atoms with van der Waals surface area (Å²) in [5, 5.41) is 13.2. The highest BCUT2D eigenvalue weighted by molar-refractivity contribution is 7.92. The van der Waals surface area contributed by atoms with Crippen molar-refractivity contribution in [1.29, 1.82) is 0 Å². The molecular weight excluding hydrogens is 504 g/mol. The largest absolute Gasteiger partial charge is 0.390 e. The maximum Gasteiger partial charge on any atom is 0.264 e. The quantitative estimate of drug-likeness (QED) is 0.222. The summed E-state index contributed by atoms with van der Waals surface area (Å²) in [5.41, 5.74) is 2.81. The second-order valence-electron chi connectivity index (χ2n) is 9.64. The SMILES string of the molecule is O=S(=O)(c1ccccc1)N(CC(O)CN(Cc1ccccc1)Cc1ccccc1)c1cccc2ccccc12. The molecule has 5 aromatic rings. The molecule has 198 valence electrons. The molecular formula is C33H32N2O3S. The van der Waals surface area contributed by atoms with Crippen LogP contribution >= 0.6 is 0 Å². The molecule has 0 aromatic heterocycles. The fourth-order valence-corrected chi connectivity index (χ4v) is 6.43. The molecule has 0 amide bonds. The molecule has 6 heteroatoms. The van der Waals surface area contributed by atoms with Crippen LogP contribution in [0.3, 0.4) is 0 Å². The topological polar surface area (TPSA) is 60.9 Å². The molecule has 5 rings (SSSR count). The zero-order chi connectivity index (χ0) is 27.1. The third-order valence-electron chi connectivity index (χ3n) is 6.71. The Morgan fingerprint density at radius 3 is 1.72 bits per heavy atom. The molecule has 0 bridgehead atoms. The molecule has 1 unspecified atom stereocenters. The lowest BCUT2D eigenvalue weighted by atomic mass is 10.1. The smallest absolute Gasteiger partial charge is 0.264 e. The van der Waals surface area contributed by atoms with Gasteiger partial charge in [0, 0.05) is 25.0 Å². The monoisotopic (exact) mass is 536 g/mol. The van der Waals surface area contributed by atoms with Crippen LogP contribution in [-0.2, 0) is 23.1 Å². The Kier molecular flexibility index (Phi) is 8.37. The van der Waals surface area contributed by atoms with Gasteiger partial charge in [-0.15, -0.1) is 0 Å². The zero-order valence-corrected chi connectivity index (χ0v) is 22.5. The number of sulfonamides is 1. The van der Waals surface area contributed by atoms with Crippen LogP contribution in [0.5, 0.6) is 0 Å². The van der Waals surface area contributed by atoms with Gasteiger partial charge in [-0.1, -0.05) is 115 Å². The van der Waals surface area contributed by atoms with E-state index in [9.17, 15) is 13.5 Å². The van der Waals surface area contributed by atoms with Crippen molar-refractivity contribution in [1.82, 2.24) is 4.90 Å². The van der Waals surface area contributed by atoms with Gasteiger partial charge in [0.05, 0.1) is 23.2 Å². The minimum atomic E-state index is -3.94. The van der Waals surface area contributed by atoms with Crippen molar-refractivity contribution in [2.24, 2.45) is 0 Å². The number of fused-ring (bicyclic) bond motifs is 1. The van der Waals surface area contributed by atoms with Crippen LogP contribution in [0, 0.1) is 0 Å². The van der Waals surface area contributed by atoms with E-state index < -0.39 is 16.1 Å². The molecule has 0 aliphatic heterocycles. The summed E-state index contributed by atoms with van der Waals surface area (Å²) in [6, 6.07) is 42.0. The average Bonchev–Trinajstić information content (AvgIpc) is 2.97. The van der Waals surface area contributed by atoms with Crippen LogP contribution in [0.1, 0.15) is 11.1 Å². The van der Waals surface area contributed by atoms with Gasteiger partial charge in [-0.05, 0) is 34.7 Å². The van der Waals surface area contributed by atoms with Gasteiger partial charge in [-0.3, -0.25) is 9.21 Å². The third kappa shape index (κ3) is 6.55. The second-order valence-corrected chi connectivity index (χ2v) is 11.5. The number of aliphatic hydroxyl groups excluding tert-OH is 1. The van der Waals surface area contributed by atoms with Gasteiger partial charge in [0.1, 0.15) is 0 Å². The van der Waals surface area contributed by atoms with Gasteiger partial charge in [0.25, 0.3) is 10.0 Å². The molecule has 1 N–H and O–H groups in total. The Hall–Kier alpha value is -3.97. The van der Waals surface area contributed by atoms with Crippen LogP contribution in [0.25, 0.3) is 10.8 Å². The Balaban J connectivity index is 1.47. The summed E-state index contributed by atoms with van der Waals surface area (Å²) in [5.74, 6) is 0. The number of rotatable bonds is 11. The van der Waals surface area contributed by atoms with E-state index >= 15 is 0 Å².